The first kappa shape index (κ1) is 13.3. The summed E-state index contributed by atoms with van der Waals surface area (Å²) in [5, 5.41) is 0. The fourth-order valence-corrected chi connectivity index (χ4v) is 2.47. The molecule has 2 aromatic carbocycles. The van der Waals surface area contributed by atoms with Crippen molar-refractivity contribution in [3.63, 3.8) is 0 Å². The molecule has 0 radical (unpaired) electrons. The lowest BCUT2D eigenvalue weighted by molar-refractivity contribution is 1.16. The van der Waals surface area contributed by atoms with Gasteiger partial charge in [-0.05, 0) is 0 Å². The fraction of sp³-hybridized carbons (Fsp3) is 0. The summed E-state index contributed by atoms with van der Waals surface area (Å²) in [6, 6.07) is 19.9. The van der Waals surface area contributed by atoms with E-state index < -0.39 is 0 Å². The molecule has 4 rings (SSSR count). The molecule has 2 N–H and O–H groups in total. The molecular weight excluding hydrogens is 286 g/mol. The first-order valence-electron chi connectivity index (χ1n) is 7.22. The van der Waals surface area contributed by atoms with Crippen LogP contribution in [0.1, 0.15) is 0 Å². The summed E-state index contributed by atoms with van der Waals surface area (Å²) < 4.78 is 0. The van der Waals surface area contributed by atoms with E-state index in [9.17, 15) is 0 Å². The number of hydrogen-bond donors (Lipinski definition) is 1. The fourth-order valence-electron chi connectivity index (χ4n) is 2.47. The van der Waals surface area contributed by atoms with Crippen LogP contribution < -0.4 is 5.73 Å². The van der Waals surface area contributed by atoms with Crippen LogP contribution in [-0.4, -0.2) is 19.9 Å². The predicted molar refractivity (Wildman–Crippen MR) is 90.4 cm³/mol. The number of aromatic nitrogens is 4. The minimum Gasteiger partial charge on any atom is -0.368 e. The summed E-state index contributed by atoms with van der Waals surface area (Å²) in [5.41, 5.74) is 10.4. The van der Waals surface area contributed by atoms with E-state index in [-0.39, 0.29) is 5.95 Å². The van der Waals surface area contributed by atoms with E-state index in [2.05, 4.69) is 15.0 Å². The van der Waals surface area contributed by atoms with E-state index in [0.29, 0.717) is 11.2 Å². The van der Waals surface area contributed by atoms with Crippen LogP contribution in [-0.2, 0) is 0 Å². The van der Waals surface area contributed by atoms with Crippen molar-refractivity contribution in [3.05, 3.63) is 66.9 Å². The highest BCUT2D eigenvalue weighted by molar-refractivity contribution is 5.84. The number of fused-ring (bicyclic) bond motifs is 1. The van der Waals surface area contributed by atoms with Crippen LogP contribution in [0, 0.1) is 0 Å². The van der Waals surface area contributed by atoms with Crippen molar-refractivity contribution in [2.24, 2.45) is 0 Å². The van der Waals surface area contributed by atoms with Gasteiger partial charge in [0.1, 0.15) is 5.52 Å². The van der Waals surface area contributed by atoms with Gasteiger partial charge in [0.2, 0.25) is 5.95 Å². The molecule has 0 spiro atoms. The largest absolute Gasteiger partial charge is 0.368 e. The summed E-state index contributed by atoms with van der Waals surface area (Å²) >= 11 is 0. The Kier molecular flexibility index (Phi) is 3.16. The predicted octanol–water partition coefficient (Wildman–Crippen LogP) is 3.34. The normalized spacial score (nSPS) is 10.8. The molecule has 4 aromatic rings. The molecule has 0 fully saturated rings. The Hall–Kier alpha value is -3.34. The summed E-state index contributed by atoms with van der Waals surface area (Å²) in [6.07, 6.45) is 1.60. The van der Waals surface area contributed by atoms with Crippen molar-refractivity contribution in [2.75, 3.05) is 5.73 Å². The smallest absolute Gasteiger partial charge is 0.222 e. The van der Waals surface area contributed by atoms with Gasteiger partial charge < -0.3 is 5.73 Å². The number of nitrogens with two attached hydrogens (primary N) is 1. The highest BCUT2D eigenvalue weighted by Gasteiger charge is 2.13. The maximum absolute atomic E-state index is 5.67. The van der Waals surface area contributed by atoms with Crippen molar-refractivity contribution in [1.82, 2.24) is 19.9 Å². The Morgan fingerprint density at radius 3 is 1.83 bits per heavy atom. The lowest BCUT2D eigenvalue weighted by atomic mass is 10.0. The zero-order valence-electron chi connectivity index (χ0n) is 12.2. The first-order valence-corrected chi connectivity index (χ1v) is 7.22. The van der Waals surface area contributed by atoms with E-state index in [1.165, 1.54) is 0 Å². The van der Waals surface area contributed by atoms with Gasteiger partial charge in [-0.15, -0.1) is 0 Å². The summed E-state index contributed by atoms with van der Waals surface area (Å²) in [5.74, 6) is 0.193. The van der Waals surface area contributed by atoms with Gasteiger partial charge in [0, 0.05) is 11.1 Å². The molecule has 2 aromatic heterocycles. The Bertz CT molecular complexity index is 968. The first-order chi connectivity index (χ1) is 11.3. The number of rotatable bonds is 2. The number of anilines is 1. The maximum atomic E-state index is 5.67. The van der Waals surface area contributed by atoms with Gasteiger partial charge in [-0.25, -0.2) is 15.0 Å². The third-order valence-corrected chi connectivity index (χ3v) is 3.54. The van der Waals surface area contributed by atoms with Crippen LogP contribution in [0.3, 0.4) is 0 Å². The molecule has 0 saturated carbocycles. The second-order valence-electron chi connectivity index (χ2n) is 5.09. The van der Waals surface area contributed by atoms with E-state index >= 15 is 0 Å². The molecule has 0 unspecified atom stereocenters. The van der Waals surface area contributed by atoms with Crippen LogP contribution in [0.2, 0.25) is 0 Å². The van der Waals surface area contributed by atoms with Crippen molar-refractivity contribution in [1.29, 1.82) is 0 Å². The van der Waals surface area contributed by atoms with Gasteiger partial charge >= 0.3 is 0 Å². The molecule has 0 bridgehead atoms. The topological polar surface area (TPSA) is 77.6 Å². The number of nitrogens with zero attached hydrogens (tertiary/aromatic N) is 4. The molecule has 0 aliphatic carbocycles. The summed E-state index contributed by atoms with van der Waals surface area (Å²) in [6.45, 7) is 0. The third kappa shape index (κ3) is 2.48. The standard InChI is InChI=1S/C18H13N5/c19-18-20-11-14-17(23-18)22-16(13-9-5-2-6-10-13)15(21-14)12-7-3-1-4-8-12/h1-11H,(H2,19,20,22,23). The lowest BCUT2D eigenvalue weighted by Gasteiger charge is -2.10. The van der Waals surface area contributed by atoms with Crippen molar-refractivity contribution in [2.45, 2.75) is 0 Å². The van der Waals surface area contributed by atoms with Crippen LogP contribution in [0.4, 0.5) is 5.95 Å². The molecule has 23 heavy (non-hydrogen) atoms. The van der Waals surface area contributed by atoms with Crippen molar-refractivity contribution < 1.29 is 0 Å². The van der Waals surface area contributed by atoms with Gasteiger partial charge in [-0.1, -0.05) is 60.7 Å². The molecule has 0 aliphatic rings. The van der Waals surface area contributed by atoms with Crippen LogP contribution >= 0.6 is 0 Å². The van der Waals surface area contributed by atoms with Crippen LogP contribution in [0.15, 0.2) is 66.9 Å². The van der Waals surface area contributed by atoms with Crippen molar-refractivity contribution in [3.8, 4) is 22.5 Å². The molecule has 0 saturated heterocycles. The average molecular weight is 299 g/mol. The second-order valence-corrected chi connectivity index (χ2v) is 5.09. The van der Waals surface area contributed by atoms with Crippen molar-refractivity contribution >= 4 is 17.1 Å². The zero-order chi connectivity index (χ0) is 15.6. The van der Waals surface area contributed by atoms with Gasteiger partial charge in [0.25, 0.3) is 0 Å². The summed E-state index contributed by atoms with van der Waals surface area (Å²) in [7, 11) is 0. The molecule has 110 valence electrons. The maximum Gasteiger partial charge on any atom is 0.222 e. The lowest BCUT2D eigenvalue weighted by Crippen LogP contribution is -2.00. The Morgan fingerprint density at radius 2 is 1.22 bits per heavy atom. The van der Waals surface area contributed by atoms with E-state index in [1.807, 2.05) is 60.7 Å². The molecule has 0 atom stereocenters. The van der Waals surface area contributed by atoms with Gasteiger partial charge in [0.05, 0.1) is 17.6 Å². The van der Waals surface area contributed by atoms with E-state index in [4.69, 9.17) is 10.7 Å². The summed E-state index contributed by atoms with van der Waals surface area (Å²) in [4.78, 5) is 17.6. The Labute approximate surface area is 132 Å². The molecule has 5 heteroatoms. The van der Waals surface area contributed by atoms with Gasteiger partial charge in [-0.3, -0.25) is 0 Å². The second kappa shape index (κ2) is 5.46. The van der Waals surface area contributed by atoms with Crippen LogP contribution in [0.5, 0.6) is 0 Å². The van der Waals surface area contributed by atoms with Crippen LogP contribution in [0.25, 0.3) is 33.7 Å². The molecule has 5 nitrogen and oxygen atoms in total. The third-order valence-electron chi connectivity index (χ3n) is 3.54. The van der Waals surface area contributed by atoms with Gasteiger partial charge in [-0.2, -0.15) is 4.98 Å². The molecule has 0 aliphatic heterocycles. The number of nitrogen functional groups attached to an aromatic ring is 1. The Morgan fingerprint density at radius 1 is 0.652 bits per heavy atom. The number of benzene rings is 2. The molecule has 0 amide bonds. The highest BCUT2D eigenvalue weighted by atomic mass is 15.0. The quantitative estimate of drug-likeness (QED) is 0.614. The SMILES string of the molecule is Nc1ncc2nc(-c3ccccc3)c(-c3ccccc3)nc2n1. The average Bonchev–Trinajstić information content (AvgIpc) is 2.62. The van der Waals surface area contributed by atoms with E-state index in [0.717, 1.165) is 22.5 Å². The molecular formula is C18H13N5. The zero-order valence-corrected chi connectivity index (χ0v) is 12.2. The van der Waals surface area contributed by atoms with E-state index in [1.54, 1.807) is 6.20 Å². The minimum atomic E-state index is 0.193. The Balaban J connectivity index is 2.04. The number of hydrogen-bond acceptors (Lipinski definition) is 5. The molecule has 2 heterocycles. The van der Waals surface area contributed by atoms with Gasteiger partial charge in [0.15, 0.2) is 5.65 Å². The highest BCUT2D eigenvalue weighted by Crippen LogP contribution is 2.30. The monoisotopic (exact) mass is 299 g/mol. The minimum absolute atomic E-state index is 0.193.